The molecule has 2 rings (SSSR count). The van der Waals surface area contributed by atoms with Crippen molar-refractivity contribution in [1.29, 1.82) is 0 Å². The van der Waals surface area contributed by atoms with Crippen LogP contribution in [-0.2, 0) is 11.2 Å². The Hall–Kier alpha value is -2.63. The largest absolute Gasteiger partial charge is 0.496 e. The third-order valence-corrected chi connectivity index (χ3v) is 2.62. The summed E-state index contributed by atoms with van der Waals surface area (Å²) in [6.45, 7) is 0. The maximum atomic E-state index is 10.9. The number of pyridine rings is 1. The summed E-state index contributed by atoms with van der Waals surface area (Å²) in [5, 5.41) is 18.3. The lowest BCUT2D eigenvalue weighted by molar-refractivity contribution is -0.136. The predicted octanol–water partition coefficient (Wildman–Crippen LogP) is 1.57. The second-order valence-corrected chi connectivity index (χ2v) is 3.92. The van der Waals surface area contributed by atoms with Crippen molar-refractivity contribution in [3.63, 3.8) is 0 Å². The highest BCUT2D eigenvalue weighted by Gasteiger charge is 2.11. The Morgan fingerprint density at radius 2 is 2.00 bits per heavy atom. The van der Waals surface area contributed by atoms with Gasteiger partial charge in [-0.15, -0.1) is 0 Å². The van der Waals surface area contributed by atoms with Gasteiger partial charge in [0.15, 0.2) is 0 Å². The molecule has 0 saturated heterocycles. The molecule has 2 N–H and O–H groups in total. The van der Waals surface area contributed by atoms with E-state index in [1.807, 2.05) is 0 Å². The van der Waals surface area contributed by atoms with Gasteiger partial charge in [0.25, 0.3) is 0 Å². The highest BCUT2D eigenvalue weighted by Crippen LogP contribution is 2.26. The lowest BCUT2D eigenvalue weighted by Gasteiger charge is -2.08. The van der Waals surface area contributed by atoms with Crippen molar-refractivity contribution in [2.24, 2.45) is 0 Å². The Balaban J connectivity index is 2.63. The van der Waals surface area contributed by atoms with Gasteiger partial charge in [0.05, 0.1) is 30.3 Å². The topological polar surface area (TPSA) is 96.7 Å². The summed E-state index contributed by atoms with van der Waals surface area (Å²) in [5.41, 5.74) is 0.810. The highest BCUT2D eigenvalue weighted by atomic mass is 16.5. The first kappa shape index (κ1) is 12.8. The Morgan fingerprint density at radius 3 is 2.58 bits per heavy atom. The van der Waals surface area contributed by atoms with E-state index in [-0.39, 0.29) is 12.0 Å². The van der Waals surface area contributed by atoms with Crippen molar-refractivity contribution in [2.45, 2.75) is 6.42 Å². The third kappa shape index (κ3) is 2.62. The second-order valence-electron chi connectivity index (χ2n) is 3.92. The van der Waals surface area contributed by atoms with Gasteiger partial charge in [-0.2, -0.15) is 0 Å². The molecule has 0 saturated carbocycles. The molecular weight excluding hydrogens is 250 g/mol. The van der Waals surface area contributed by atoms with E-state index in [0.29, 0.717) is 22.3 Å². The molecule has 1 aromatic heterocycles. The van der Waals surface area contributed by atoms with Gasteiger partial charge in [0, 0.05) is 11.5 Å². The van der Waals surface area contributed by atoms with E-state index in [2.05, 4.69) is 4.98 Å². The Labute approximate surface area is 108 Å². The molecule has 2 aromatic rings. The minimum atomic E-state index is -1.06. The van der Waals surface area contributed by atoms with E-state index in [1.54, 1.807) is 6.07 Å². The van der Waals surface area contributed by atoms with Crippen molar-refractivity contribution >= 4 is 22.8 Å². The first-order valence-electron chi connectivity index (χ1n) is 5.44. The van der Waals surface area contributed by atoms with Crippen LogP contribution in [0.2, 0.25) is 0 Å². The van der Waals surface area contributed by atoms with Gasteiger partial charge < -0.3 is 14.9 Å². The van der Waals surface area contributed by atoms with Crippen molar-refractivity contribution in [3.05, 3.63) is 35.5 Å². The van der Waals surface area contributed by atoms with Gasteiger partial charge in [0.2, 0.25) is 0 Å². The number of carbonyl (C=O) groups is 2. The van der Waals surface area contributed by atoms with E-state index < -0.39 is 11.9 Å². The SMILES string of the molecule is COc1cc(CC(=O)O)nc2cc(C(=O)O)ccc12. The number of aliphatic carboxylic acids is 1. The van der Waals surface area contributed by atoms with Crippen LogP contribution in [0.1, 0.15) is 16.1 Å². The number of aromatic carboxylic acids is 1. The van der Waals surface area contributed by atoms with Gasteiger partial charge in [-0.3, -0.25) is 9.78 Å². The molecule has 6 nitrogen and oxygen atoms in total. The molecule has 0 bridgehead atoms. The van der Waals surface area contributed by atoms with Gasteiger partial charge in [-0.05, 0) is 18.2 Å². The van der Waals surface area contributed by atoms with Crippen LogP contribution in [0, 0.1) is 0 Å². The van der Waals surface area contributed by atoms with E-state index in [0.717, 1.165) is 0 Å². The normalized spacial score (nSPS) is 10.4. The molecule has 19 heavy (non-hydrogen) atoms. The van der Waals surface area contributed by atoms with Gasteiger partial charge in [-0.25, -0.2) is 4.79 Å². The molecule has 0 amide bonds. The quantitative estimate of drug-likeness (QED) is 0.867. The number of ether oxygens (including phenoxy) is 1. The maximum absolute atomic E-state index is 10.9. The number of nitrogens with zero attached hydrogens (tertiary/aromatic N) is 1. The number of hydrogen-bond donors (Lipinski definition) is 2. The summed E-state index contributed by atoms with van der Waals surface area (Å²) < 4.78 is 5.17. The molecule has 0 aliphatic carbocycles. The maximum Gasteiger partial charge on any atom is 0.335 e. The van der Waals surface area contributed by atoms with E-state index in [4.69, 9.17) is 14.9 Å². The first-order chi connectivity index (χ1) is 9.01. The number of methoxy groups -OCH3 is 1. The number of rotatable bonds is 4. The van der Waals surface area contributed by atoms with Crippen molar-refractivity contribution in [1.82, 2.24) is 4.98 Å². The zero-order valence-electron chi connectivity index (χ0n) is 10.1. The molecule has 0 radical (unpaired) electrons. The third-order valence-electron chi connectivity index (χ3n) is 2.62. The molecule has 0 unspecified atom stereocenters. The lowest BCUT2D eigenvalue weighted by Crippen LogP contribution is -2.04. The predicted molar refractivity (Wildman–Crippen MR) is 66.6 cm³/mol. The number of carboxylic acids is 2. The minimum Gasteiger partial charge on any atom is -0.496 e. The molecule has 0 aliphatic rings. The van der Waals surface area contributed by atoms with Crippen molar-refractivity contribution in [3.8, 4) is 5.75 Å². The monoisotopic (exact) mass is 261 g/mol. The highest BCUT2D eigenvalue weighted by molar-refractivity contribution is 5.95. The lowest BCUT2D eigenvalue weighted by atomic mass is 10.1. The van der Waals surface area contributed by atoms with Gasteiger partial charge in [-0.1, -0.05) is 0 Å². The number of aromatic nitrogens is 1. The summed E-state index contributed by atoms with van der Waals surface area (Å²) in [4.78, 5) is 25.8. The van der Waals surface area contributed by atoms with Crippen LogP contribution in [0.4, 0.5) is 0 Å². The van der Waals surface area contributed by atoms with Crippen LogP contribution >= 0.6 is 0 Å². The summed E-state index contributed by atoms with van der Waals surface area (Å²) >= 11 is 0. The van der Waals surface area contributed by atoms with Crippen LogP contribution in [0.15, 0.2) is 24.3 Å². The summed E-state index contributed by atoms with van der Waals surface area (Å²) in [7, 11) is 1.46. The average molecular weight is 261 g/mol. The summed E-state index contributed by atoms with van der Waals surface area (Å²) in [5.74, 6) is -1.60. The number of benzene rings is 1. The molecule has 0 fully saturated rings. The van der Waals surface area contributed by atoms with Crippen LogP contribution < -0.4 is 4.74 Å². The fraction of sp³-hybridized carbons (Fsp3) is 0.154. The number of hydrogen-bond acceptors (Lipinski definition) is 4. The Kier molecular flexibility index (Phi) is 3.33. The van der Waals surface area contributed by atoms with E-state index in [9.17, 15) is 9.59 Å². The molecule has 0 spiro atoms. The second kappa shape index (κ2) is 4.93. The first-order valence-corrected chi connectivity index (χ1v) is 5.44. The Morgan fingerprint density at radius 1 is 1.26 bits per heavy atom. The Bertz CT molecular complexity index is 665. The molecule has 0 aliphatic heterocycles. The smallest absolute Gasteiger partial charge is 0.335 e. The van der Waals surface area contributed by atoms with Gasteiger partial charge >= 0.3 is 11.9 Å². The summed E-state index contributed by atoms with van der Waals surface area (Å²) in [6, 6.07) is 5.98. The molecule has 1 heterocycles. The fourth-order valence-corrected chi connectivity index (χ4v) is 1.80. The standard InChI is InChI=1S/C13H11NO5/c1-19-11-5-8(6-12(15)16)14-10-4-7(13(17)18)2-3-9(10)11/h2-5H,6H2,1H3,(H,15,16)(H,17,18). The molecule has 0 atom stereocenters. The zero-order chi connectivity index (χ0) is 14.0. The number of carboxylic acid groups (broad SMARTS) is 2. The fourth-order valence-electron chi connectivity index (χ4n) is 1.80. The molecular formula is C13H11NO5. The van der Waals surface area contributed by atoms with Crippen LogP contribution in [0.5, 0.6) is 5.75 Å². The van der Waals surface area contributed by atoms with E-state index >= 15 is 0 Å². The zero-order valence-corrected chi connectivity index (χ0v) is 10.1. The van der Waals surface area contributed by atoms with E-state index in [1.165, 1.54) is 25.3 Å². The minimum absolute atomic E-state index is 0.0922. The van der Waals surface area contributed by atoms with Crippen molar-refractivity contribution < 1.29 is 24.5 Å². The van der Waals surface area contributed by atoms with Gasteiger partial charge in [0.1, 0.15) is 5.75 Å². The summed E-state index contributed by atoms with van der Waals surface area (Å²) in [6.07, 6.45) is -0.246. The number of fused-ring (bicyclic) bond motifs is 1. The molecule has 1 aromatic carbocycles. The average Bonchev–Trinajstić information content (AvgIpc) is 2.36. The van der Waals surface area contributed by atoms with Crippen molar-refractivity contribution in [2.75, 3.05) is 7.11 Å². The molecule has 98 valence electrons. The van der Waals surface area contributed by atoms with Crippen LogP contribution in [0.25, 0.3) is 10.9 Å². The van der Waals surface area contributed by atoms with Crippen LogP contribution in [-0.4, -0.2) is 34.2 Å². The van der Waals surface area contributed by atoms with Crippen LogP contribution in [0.3, 0.4) is 0 Å². The molecule has 6 heteroatoms.